The number of fused-ring (bicyclic) bond motifs is 1. The second-order valence-corrected chi connectivity index (χ2v) is 9.07. The van der Waals surface area contributed by atoms with E-state index in [4.69, 9.17) is 4.98 Å². The van der Waals surface area contributed by atoms with Crippen LogP contribution < -0.4 is 10.2 Å². The van der Waals surface area contributed by atoms with Gasteiger partial charge >= 0.3 is 0 Å². The summed E-state index contributed by atoms with van der Waals surface area (Å²) in [6.45, 7) is 4.75. The number of phenols is 1. The lowest BCUT2D eigenvalue weighted by molar-refractivity contribution is -0.108. The van der Waals surface area contributed by atoms with E-state index in [1.54, 1.807) is 6.07 Å². The van der Waals surface area contributed by atoms with E-state index in [0.29, 0.717) is 24.0 Å². The molecule has 3 aromatic rings. The van der Waals surface area contributed by atoms with E-state index in [1.165, 1.54) is 18.5 Å². The highest BCUT2D eigenvalue weighted by Gasteiger charge is 2.23. The number of nitrogens with one attached hydrogen (secondary N) is 1. The predicted molar refractivity (Wildman–Crippen MR) is 131 cm³/mol. The summed E-state index contributed by atoms with van der Waals surface area (Å²) in [5, 5.41) is 14.8. The molecular weight excluding hydrogens is 414 g/mol. The summed E-state index contributed by atoms with van der Waals surface area (Å²) in [7, 11) is 0. The van der Waals surface area contributed by atoms with E-state index in [2.05, 4.69) is 44.4 Å². The van der Waals surface area contributed by atoms with Crippen LogP contribution in [0.5, 0.6) is 5.75 Å². The second kappa shape index (κ2) is 9.75. The zero-order chi connectivity index (χ0) is 22.6. The summed E-state index contributed by atoms with van der Waals surface area (Å²) < 4.78 is 0. The number of hydrogen-bond donors (Lipinski definition) is 2. The van der Waals surface area contributed by atoms with E-state index in [-0.39, 0.29) is 0 Å². The third-order valence-corrected chi connectivity index (χ3v) is 6.96. The van der Waals surface area contributed by atoms with Crippen LogP contribution in [-0.2, 0) is 4.79 Å². The zero-order valence-electron chi connectivity index (χ0n) is 18.9. The van der Waals surface area contributed by atoms with Crippen LogP contribution in [0.4, 0.5) is 17.3 Å². The molecule has 0 unspecified atom stereocenters. The lowest BCUT2D eigenvalue weighted by Crippen LogP contribution is -2.46. The molecule has 1 saturated carbocycles. The Bertz CT molecular complexity index is 1100. The van der Waals surface area contributed by atoms with Gasteiger partial charge < -0.3 is 20.1 Å². The molecule has 7 nitrogen and oxygen atoms in total. The molecule has 0 radical (unpaired) electrons. The fourth-order valence-corrected chi connectivity index (χ4v) is 5.14. The monoisotopic (exact) mass is 445 g/mol. The maximum absolute atomic E-state index is 10.6. The topological polar surface area (TPSA) is 81.6 Å². The number of aromatic hydroxyl groups is 1. The lowest BCUT2D eigenvalue weighted by atomic mass is 9.94. The minimum Gasteiger partial charge on any atom is -0.508 e. The maximum Gasteiger partial charge on any atom is 0.227 e. The van der Waals surface area contributed by atoms with Gasteiger partial charge in [0.1, 0.15) is 12.0 Å². The first kappa shape index (κ1) is 21.6. The molecule has 172 valence electrons. The Hall–Kier alpha value is -3.19. The number of carbonyl (C=O) groups excluding carboxylic acids is 1. The van der Waals surface area contributed by atoms with Gasteiger partial charge in [-0.1, -0.05) is 12.8 Å². The van der Waals surface area contributed by atoms with Gasteiger partial charge in [0.15, 0.2) is 0 Å². The summed E-state index contributed by atoms with van der Waals surface area (Å²) in [6, 6.07) is 12.0. The molecule has 2 aliphatic rings. The molecule has 0 spiro atoms. The van der Waals surface area contributed by atoms with Gasteiger partial charge in [0.05, 0.1) is 5.52 Å². The highest BCUT2D eigenvalue weighted by molar-refractivity contribution is 5.85. The van der Waals surface area contributed by atoms with Gasteiger partial charge in [0.2, 0.25) is 5.95 Å². The fraction of sp³-hybridized carbons (Fsp3) is 0.423. The number of hydrogen-bond acceptors (Lipinski definition) is 7. The van der Waals surface area contributed by atoms with Crippen molar-refractivity contribution in [3.63, 3.8) is 0 Å². The van der Waals surface area contributed by atoms with Crippen LogP contribution in [0.15, 0.2) is 42.6 Å². The molecule has 2 N–H and O–H groups in total. The number of nitrogens with zero attached hydrogens (tertiary/aromatic N) is 4. The normalized spacial score (nSPS) is 17.5. The van der Waals surface area contributed by atoms with Crippen molar-refractivity contribution in [2.45, 2.75) is 38.0 Å². The second-order valence-electron chi connectivity index (χ2n) is 9.07. The number of carbonyl (C=O) groups is 1. The van der Waals surface area contributed by atoms with E-state index in [9.17, 15) is 9.90 Å². The SMILES string of the molecule is O=CCCN1CCN(c2ccc(Nc3ncc4ccc(O)c(C5CCCC5)c4n3)cc2)CC1. The Morgan fingerprint density at radius 3 is 2.52 bits per heavy atom. The molecule has 2 aromatic carbocycles. The van der Waals surface area contributed by atoms with Crippen molar-refractivity contribution in [3.8, 4) is 5.75 Å². The molecule has 1 aliphatic carbocycles. The molecule has 2 fully saturated rings. The summed E-state index contributed by atoms with van der Waals surface area (Å²) in [6.07, 6.45) is 8.06. The summed E-state index contributed by atoms with van der Waals surface area (Å²) in [4.78, 5) is 24.6. The number of piperazine rings is 1. The van der Waals surface area contributed by atoms with Crippen molar-refractivity contribution < 1.29 is 9.90 Å². The minimum absolute atomic E-state index is 0.342. The van der Waals surface area contributed by atoms with E-state index in [0.717, 1.165) is 74.0 Å². The third-order valence-electron chi connectivity index (χ3n) is 6.96. The van der Waals surface area contributed by atoms with Gasteiger partial charge in [-0.3, -0.25) is 4.90 Å². The van der Waals surface area contributed by atoms with Crippen LogP contribution >= 0.6 is 0 Å². The molecule has 7 heteroatoms. The van der Waals surface area contributed by atoms with Crippen molar-refractivity contribution in [3.05, 3.63) is 48.2 Å². The average molecular weight is 446 g/mol. The Morgan fingerprint density at radius 2 is 1.79 bits per heavy atom. The van der Waals surface area contributed by atoms with Crippen molar-refractivity contribution >= 4 is 34.5 Å². The maximum atomic E-state index is 10.6. The summed E-state index contributed by atoms with van der Waals surface area (Å²) in [5.41, 5.74) is 3.95. The zero-order valence-corrected chi connectivity index (χ0v) is 18.9. The van der Waals surface area contributed by atoms with Crippen molar-refractivity contribution in [2.24, 2.45) is 0 Å². The van der Waals surface area contributed by atoms with Crippen LogP contribution in [0.2, 0.25) is 0 Å². The van der Waals surface area contributed by atoms with Gasteiger partial charge in [0, 0.05) is 67.7 Å². The van der Waals surface area contributed by atoms with Crippen molar-refractivity contribution in [1.82, 2.24) is 14.9 Å². The van der Waals surface area contributed by atoms with Gasteiger partial charge in [-0.2, -0.15) is 0 Å². The molecule has 5 rings (SSSR count). The Balaban J connectivity index is 1.29. The lowest BCUT2D eigenvalue weighted by Gasteiger charge is -2.35. The van der Waals surface area contributed by atoms with Gasteiger partial charge in [-0.15, -0.1) is 0 Å². The highest BCUT2D eigenvalue weighted by atomic mass is 16.3. The number of anilines is 3. The van der Waals surface area contributed by atoms with E-state index in [1.807, 2.05) is 12.3 Å². The van der Waals surface area contributed by atoms with Crippen molar-refractivity contribution in [2.75, 3.05) is 42.9 Å². The predicted octanol–water partition coefficient (Wildman–Crippen LogP) is 4.45. The molecule has 0 amide bonds. The van der Waals surface area contributed by atoms with E-state index >= 15 is 0 Å². The number of rotatable bonds is 7. The molecule has 1 saturated heterocycles. The highest BCUT2D eigenvalue weighted by Crippen LogP contribution is 2.41. The average Bonchev–Trinajstić information content (AvgIpc) is 3.38. The molecule has 1 aliphatic heterocycles. The standard InChI is InChI=1S/C26H31N5O2/c32-17-3-12-30-13-15-31(16-14-30)22-9-7-21(8-10-22)28-26-27-18-20-6-11-23(33)24(25(20)29-26)19-4-1-2-5-19/h6-11,17-19,33H,1-5,12-16H2,(H,27,28,29). The van der Waals surface area contributed by atoms with Gasteiger partial charge in [-0.05, 0) is 55.2 Å². The number of phenolic OH excluding ortho intramolecular Hbond substituents is 1. The first-order valence-electron chi connectivity index (χ1n) is 12.0. The van der Waals surface area contributed by atoms with Gasteiger partial charge in [-0.25, -0.2) is 9.97 Å². The van der Waals surface area contributed by atoms with Crippen LogP contribution in [0.3, 0.4) is 0 Å². The summed E-state index contributed by atoms with van der Waals surface area (Å²) in [5.74, 6) is 1.26. The number of benzene rings is 2. The van der Waals surface area contributed by atoms with Crippen molar-refractivity contribution in [1.29, 1.82) is 0 Å². The Kier molecular flexibility index (Phi) is 6.39. The first-order chi connectivity index (χ1) is 16.2. The number of aldehydes is 1. The van der Waals surface area contributed by atoms with Crippen LogP contribution in [0.1, 0.15) is 43.6 Å². The smallest absolute Gasteiger partial charge is 0.227 e. The number of aromatic nitrogens is 2. The first-order valence-corrected chi connectivity index (χ1v) is 12.0. The van der Waals surface area contributed by atoms with E-state index < -0.39 is 0 Å². The van der Waals surface area contributed by atoms with Crippen LogP contribution in [-0.4, -0.2) is 59.0 Å². The van der Waals surface area contributed by atoms with Crippen LogP contribution in [0, 0.1) is 0 Å². The molecule has 0 bridgehead atoms. The summed E-state index contributed by atoms with van der Waals surface area (Å²) >= 11 is 0. The van der Waals surface area contributed by atoms with Crippen LogP contribution in [0.25, 0.3) is 10.9 Å². The van der Waals surface area contributed by atoms with Gasteiger partial charge in [0.25, 0.3) is 0 Å². The molecule has 33 heavy (non-hydrogen) atoms. The molecule has 2 heterocycles. The molecular formula is C26H31N5O2. The molecule has 0 atom stereocenters. The quantitative estimate of drug-likeness (QED) is 0.520. The largest absolute Gasteiger partial charge is 0.508 e. The fourth-order valence-electron chi connectivity index (χ4n) is 5.14. The third kappa shape index (κ3) is 4.78. The molecule has 1 aromatic heterocycles. The Labute approximate surface area is 194 Å². The minimum atomic E-state index is 0.342. The Morgan fingerprint density at radius 1 is 1.03 bits per heavy atom.